The summed E-state index contributed by atoms with van der Waals surface area (Å²) in [7, 11) is 0. The van der Waals surface area contributed by atoms with Gasteiger partial charge in [-0.2, -0.15) is 0 Å². The summed E-state index contributed by atoms with van der Waals surface area (Å²) in [5.74, 6) is 0. The molecule has 8 heavy (non-hydrogen) atoms. The van der Waals surface area contributed by atoms with Crippen LogP contribution in [0, 0.1) is 0 Å². The molecule has 8 heteroatoms. The van der Waals surface area contributed by atoms with Gasteiger partial charge in [0.25, 0.3) is 0 Å². The number of rotatable bonds is 0. The van der Waals surface area contributed by atoms with Gasteiger partial charge in [0.2, 0.25) is 0 Å². The second-order valence-electron chi connectivity index (χ2n) is 0. The molecule has 0 atom stereocenters. The fourth-order valence-corrected chi connectivity index (χ4v) is 0. The van der Waals surface area contributed by atoms with Crippen molar-refractivity contribution in [2.24, 2.45) is 0 Å². The Morgan fingerprint density at radius 3 is 0.375 bits per heavy atom. The molecule has 0 heterocycles. The van der Waals surface area contributed by atoms with E-state index >= 15 is 0 Å². The van der Waals surface area contributed by atoms with E-state index in [9.17, 15) is 0 Å². The Kier molecular flexibility index (Phi) is 453. The zero-order valence-corrected chi connectivity index (χ0v) is 20.9. The standard InChI is InChI=1S/6HI.Ti.Zn/h6*1H;;/q;;;;;;+4;+2/p-6. The van der Waals surface area contributed by atoms with Crippen molar-refractivity contribution in [1.29, 1.82) is 0 Å². The second kappa shape index (κ2) is 53.4. The minimum absolute atomic E-state index is 0. The Bertz CT molecular complexity index is 8.49. The Morgan fingerprint density at radius 1 is 0.375 bits per heavy atom. The van der Waals surface area contributed by atoms with E-state index in [2.05, 4.69) is 0 Å². The summed E-state index contributed by atoms with van der Waals surface area (Å²) in [4.78, 5) is 0. The molecular formula is I6TiZn. The number of halogens is 6. The van der Waals surface area contributed by atoms with Crippen LogP contribution in [0.3, 0.4) is 0 Å². The van der Waals surface area contributed by atoms with E-state index in [0.717, 1.165) is 0 Å². The average molecular weight is 875 g/mol. The van der Waals surface area contributed by atoms with E-state index in [1.54, 1.807) is 0 Å². The fraction of sp³-hybridized carbons (Fsp3) is 0. The SMILES string of the molecule is [I-].[I-].[I-].[I-].[I-].[I-].[Ti+4].[Zn+2]. The summed E-state index contributed by atoms with van der Waals surface area (Å²) >= 11 is 0. The van der Waals surface area contributed by atoms with Gasteiger partial charge in [-0.15, -0.1) is 0 Å². The van der Waals surface area contributed by atoms with E-state index < -0.39 is 0 Å². The molecule has 0 saturated heterocycles. The molecule has 0 spiro atoms. The molecule has 0 rings (SSSR count). The van der Waals surface area contributed by atoms with E-state index in [1.807, 2.05) is 0 Å². The predicted molar refractivity (Wildman–Crippen MR) is 0 cm³/mol. The molecule has 0 aliphatic carbocycles. The molecule has 0 amide bonds. The van der Waals surface area contributed by atoms with E-state index in [0.29, 0.717) is 0 Å². The third-order valence-electron chi connectivity index (χ3n) is 0. The van der Waals surface area contributed by atoms with Crippen molar-refractivity contribution in [1.82, 2.24) is 0 Å². The van der Waals surface area contributed by atoms with Crippen LogP contribution in [-0.2, 0) is 41.2 Å². The first kappa shape index (κ1) is 67.9. The first-order chi connectivity index (χ1) is 0. The van der Waals surface area contributed by atoms with Crippen LogP contribution < -0.4 is 144 Å². The first-order valence-corrected chi connectivity index (χ1v) is 0. The fourth-order valence-electron chi connectivity index (χ4n) is 0. The summed E-state index contributed by atoms with van der Waals surface area (Å²) in [6.45, 7) is 0. The van der Waals surface area contributed by atoms with Gasteiger partial charge in [-0.3, -0.25) is 0 Å². The number of hydrogen-bond donors (Lipinski definition) is 0. The van der Waals surface area contributed by atoms with Crippen molar-refractivity contribution in [2.45, 2.75) is 0 Å². The smallest absolute Gasteiger partial charge is 1.00 e. The quantitative estimate of drug-likeness (QED) is 0.168. The molecule has 0 aliphatic rings. The summed E-state index contributed by atoms with van der Waals surface area (Å²) in [6, 6.07) is 0. The molecule has 0 N–H and O–H groups in total. The summed E-state index contributed by atoms with van der Waals surface area (Å²) in [6.07, 6.45) is 0. The maximum atomic E-state index is 0. The van der Waals surface area contributed by atoms with Gasteiger partial charge in [0.15, 0.2) is 0 Å². The molecule has 0 aromatic rings. The molecule has 0 aromatic heterocycles. The molecule has 0 aliphatic heterocycles. The van der Waals surface area contributed by atoms with Crippen LogP contribution in [-0.4, -0.2) is 0 Å². The average Bonchev–Trinajstić information content (AvgIpc) is 0. The molecule has 0 saturated carbocycles. The Morgan fingerprint density at radius 2 is 0.375 bits per heavy atom. The second-order valence-corrected chi connectivity index (χ2v) is 0. The van der Waals surface area contributed by atoms with Crippen molar-refractivity contribution in [3.8, 4) is 0 Å². The molecule has 0 fully saturated rings. The minimum Gasteiger partial charge on any atom is -1.00 e. The Balaban J connectivity index is 0. The summed E-state index contributed by atoms with van der Waals surface area (Å²) < 4.78 is 0. The van der Waals surface area contributed by atoms with Gasteiger partial charge < -0.3 is 144 Å². The van der Waals surface area contributed by atoms with Gasteiger partial charge in [0.05, 0.1) is 0 Å². The molecular weight excluding hydrogens is 875 g/mol. The van der Waals surface area contributed by atoms with Crippen molar-refractivity contribution in [3.05, 3.63) is 0 Å². The molecule has 0 unspecified atom stereocenters. The normalized spacial score (nSPS) is 0. The molecule has 0 radical (unpaired) electrons. The Labute approximate surface area is 180 Å². The third kappa shape index (κ3) is 41.2. The van der Waals surface area contributed by atoms with Crippen LogP contribution >= 0.6 is 0 Å². The van der Waals surface area contributed by atoms with Crippen molar-refractivity contribution < 1.29 is 185 Å². The van der Waals surface area contributed by atoms with Crippen molar-refractivity contribution >= 4 is 0 Å². The van der Waals surface area contributed by atoms with Crippen LogP contribution in [0.4, 0.5) is 0 Å². The van der Waals surface area contributed by atoms with E-state index in [-0.39, 0.29) is 185 Å². The third-order valence-corrected chi connectivity index (χ3v) is 0. The first-order valence-electron chi connectivity index (χ1n) is 0. The zero-order valence-electron chi connectivity index (χ0n) is 3.47. The van der Waals surface area contributed by atoms with Gasteiger partial charge >= 0.3 is 41.2 Å². The molecule has 0 nitrogen and oxygen atoms in total. The van der Waals surface area contributed by atoms with Gasteiger partial charge in [0.1, 0.15) is 0 Å². The molecule has 0 aromatic carbocycles. The molecule has 0 bridgehead atoms. The minimum atomic E-state index is 0. The van der Waals surface area contributed by atoms with Gasteiger partial charge in [-0.05, 0) is 0 Å². The summed E-state index contributed by atoms with van der Waals surface area (Å²) in [5.41, 5.74) is 0. The van der Waals surface area contributed by atoms with Crippen molar-refractivity contribution in [2.75, 3.05) is 0 Å². The van der Waals surface area contributed by atoms with Gasteiger partial charge in [0, 0.05) is 0 Å². The van der Waals surface area contributed by atoms with Gasteiger partial charge in [-0.25, -0.2) is 0 Å². The summed E-state index contributed by atoms with van der Waals surface area (Å²) in [5, 5.41) is 0. The van der Waals surface area contributed by atoms with Gasteiger partial charge in [-0.1, -0.05) is 0 Å². The maximum absolute atomic E-state index is 0. The monoisotopic (exact) mass is 873 g/mol. The molecule has 48 valence electrons. The van der Waals surface area contributed by atoms with Crippen LogP contribution in [0.25, 0.3) is 0 Å². The van der Waals surface area contributed by atoms with Crippen LogP contribution in [0.15, 0.2) is 0 Å². The largest absolute Gasteiger partial charge is 4.00 e. The van der Waals surface area contributed by atoms with Crippen molar-refractivity contribution in [3.63, 3.8) is 0 Å². The van der Waals surface area contributed by atoms with E-state index in [4.69, 9.17) is 0 Å². The van der Waals surface area contributed by atoms with Crippen LogP contribution in [0.2, 0.25) is 0 Å². The van der Waals surface area contributed by atoms with E-state index in [1.165, 1.54) is 0 Å². The maximum Gasteiger partial charge on any atom is 4.00 e. The van der Waals surface area contributed by atoms with Crippen LogP contribution in [0.1, 0.15) is 0 Å². The Hall–Kier alpha value is 5.72. The predicted octanol–water partition coefficient (Wildman–Crippen LogP) is -18.0. The zero-order chi connectivity index (χ0) is 0. The number of hydrogen-bond acceptors (Lipinski definition) is 0. The van der Waals surface area contributed by atoms with Crippen LogP contribution in [0.5, 0.6) is 0 Å². The topological polar surface area (TPSA) is 0 Å².